The van der Waals surface area contributed by atoms with Crippen LogP contribution in [0.3, 0.4) is 0 Å². The highest BCUT2D eigenvalue weighted by Crippen LogP contribution is 2.27. The van der Waals surface area contributed by atoms with Crippen LogP contribution < -0.4 is 5.32 Å². The Kier molecular flexibility index (Phi) is 9.38. The van der Waals surface area contributed by atoms with Crippen LogP contribution >= 0.6 is 0 Å². The summed E-state index contributed by atoms with van der Waals surface area (Å²) in [4.78, 5) is 0. The van der Waals surface area contributed by atoms with Gasteiger partial charge in [0, 0.05) is 33.5 Å². The second-order valence-electron chi connectivity index (χ2n) is 4.88. The summed E-state index contributed by atoms with van der Waals surface area (Å²) < 4.78 is 21.7. The molecule has 0 aromatic carbocycles. The molecular formula is C14H29NO4. The van der Waals surface area contributed by atoms with E-state index >= 15 is 0 Å². The molecule has 1 fully saturated rings. The molecule has 114 valence electrons. The molecule has 5 heteroatoms. The highest BCUT2D eigenvalue weighted by molar-refractivity contribution is 4.97. The lowest BCUT2D eigenvalue weighted by molar-refractivity contribution is -0.153. The van der Waals surface area contributed by atoms with Crippen LogP contribution in [0.25, 0.3) is 0 Å². The van der Waals surface area contributed by atoms with E-state index in [0.717, 1.165) is 39.0 Å². The minimum atomic E-state index is 0.157. The van der Waals surface area contributed by atoms with Crippen LogP contribution in [0.5, 0.6) is 0 Å². The smallest absolute Gasteiger partial charge is 0.0991 e. The molecule has 1 rings (SSSR count). The largest absolute Gasteiger partial charge is 0.385 e. The Hall–Kier alpha value is -0.200. The van der Waals surface area contributed by atoms with Crippen LogP contribution in [-0.4, -0.2) is 65.4 Å². The third kappa shape index (κ3) is 6.19. The zero-order valence-corrected chi connectivity index (χ0v) is 12.5. The van der Waals surface area contributed by atoms with Crippen molar-refractivity contribution in [2.75, 3.05) is 47.2 Å². The lowest BCUT2D eigenvalue weighted by Crippen LogP contribution is -2.60. The van der Waals surface area contributed by atoms with Crippen LogP contribution in [0.15, 0.2) is 0 Å². The second kappa shape index (κ2) is 10.6. The summed E-state index contributed by atoms with van der Waals surface area (Å²) in [5.74, 6) is 0. The summed E-state index contributed by atoms with van der Waals surface area (Å²) in [5.41, 5.74) is 0. The molecule has 0 saturated heterocycles. The zero-order valence-electron chi connectivity index (χ0n) is 12.5. The minimum absolute atomic E-state index is 0.157. The summed E-state index contributed by atoms with van der Waals surface area (Å²) in [6.07, 6.45) is 3.48. The SMILES string of the molecule is CCCNC1CC(OCCCOC)C1OCCOC. The maximum absolute atomic E-state index is 5.85. The molecule has 0 aromatic heterocycles. The Balaban J connectivity index is 2.22. The van der Waals surface area contributed by atoms with Crippen molar-refractivity contribution >= 4 is 0 Å². The van der Waals surface area contributed by atoms with Gasteiger partial charge in [-0.05, 0) is 25.8 Å². The third-order valence-electron chi connectivity index (χ3n) is 3.33. The van der Waals surface area contributed by atoms with E-state index in [1.807, 2.05) is 0 Å². The van der Waals surface area contributed by atoms with Crippen LogP contribution in [0, 0.1) is 0 Å². The molecule has 0 radical (unpaired) electrons. The molecule has 1 aliphatic rings. The molecule has 0 heterocycles. The van der Waals surface area contributed by atoms with Gasteiger partial charge in [-0.1, -0.05) is 6.92 Å². The van der Waals surface area contributed by atoms with Gasteiger partial charge in [-0.2, -0.15) is 0 Å². The summed E-state index contributed by atoms with van der Waals surface area (Å²) in [5, 5.41) is 3.51. The Morgan fingerprint density at radius 2 is 1.79 bits per heavy atom. The van der Waals surface area contributed by atoms with Crippen molar-refractivity contribution in [3.63, 3.8) is 0 Å². The standard InChI is InChI=1S/C14H29NO4/c1-4-6-15-12-11-13(18-8-5-7-16-2)14(12)19-10-9-17-3/h12-15H,4-11H2,1-3H3. The normalized spacial score (nSPS) is 26.4. The number of rotatable bonds is 12. The molecule has 0 spiro atoms. The number of hydrogen-bond acceptors (Lipinski definition) is 5. The lowest BCUT2D eigenvalue weighted by atomic mass is 9.85. The quantitative estimate of drug-likeness (QED) is 0.543. The van der Waals surface area contributed by atoms with Gasteiger partial charge in [0.25, 0.3) is 0 Å². The molecule has 5 nitrogen and oxygen atoms in total. The fourth-order valence-corrected chi connectivity index (χ4v) is 2.20. The zero-order chi connectivity index (χ0) is 13.9. The molecule has 3 unspecified atom stereocenters. The Morgan fingerprint density at radius 3 is 2.47 bits per heavy atom. The highest BCUT2D eigenvalue weighted by Gasteiger charge is 2.42. The van der Waals surface area contributed by atoms with E-state index < -0.39 is 0 Å². The van der Waals surface area contributed by atoms with Gasteiger partial charge < -0.3 is 24.3 Å². The first-order chi connectivity index (χ1) is 9.33. The first-order valence-corrected chi connectivity index (χ1v) is 7.28. The van der Waals surface area contributed by atoms with Crippen LogP contribution in [0.2, 0.25) is 0 Å². The van der Waals surface area contributed by atoms with Crippen molar-refractivity contribution in [1.82, 2.24) is 5.32 Å². The molecule has 3 atom stereocenters. The maximum atomic E-state index is 5.85. The molecule has 1 aliphatic carbocycles. The van der Waals surface area contributed by atoms with Crippen molar-refractivity contribution in [1.29, 1.82) is 0 Å². The average molecular weight is 275 g/mol. The first kappa shape index (κ1) is 16.9. The van der Waals surface area contributed by atoms with Gasteiger partial charge >= 0.3 is 0 Å². The average Bonchev–Trinajstić information content (AvgIpc) is 2.41. The molecule has 1 N–H and O–H groups in total. The van der Waals surface area contributed by atoms with Crippen LogP contribution in [0.1, 0.15) is 26.2 Å². The fraction of sp³-hybridized carbons (Fsp3) is 1.00. The maximum Gasteiger partial charge on any atom is 0.0991 e. The second-order valence-corrected chi connectivity index (χ2v) is 4.88. The molecule has 1 saturated carbocycles. The number of nitrogens with one attached hydrogen (secondary N) is 1. The van der Waals surface area contributed by atoms with Crippen molar-refractivity contribution < 1.29 is 18.9 Å². The molecule has 19 heavy (non-hydrogen) atoms. The van der Waals surface area contributed by atoms with Gasteiger partial charge in [-0.3, -0.25) is 0 Å². The molecule has 0 bridgehead atoms. The molecular weight excluding hydrogens is 246 g/mol. The minimum Gasteiger partial charge on any atom is -0.385 e. The van der Waals surface area contributed by atoms with Gasteiger partial charge in [-0.15, -0.1) is 0 Å². The van der Waals surface area contributed by atoms with Gasteiger partial charge in [-0.25, -0.2) is 0 Å². The van der Waals surface area contributed by atoms with Crippen molar-refractivity contribution in [3.8, 4) is 0 Å². The Labute approximate surface area is 116 Å². The van der Waals surface area contributed by atoms with Crippen LogP contribution in [0.4, 0.5) is 0 Å². The van der Waals surface area contributed by atoms with E-state index in [1.165, 1.54) is 0 Å². The topological polar surface area (TPSA) is 49.0 Å². The van der Waals surface area contributed by atoms with E-state index in [-0.39, 0.29) is 12.2 Å². The molecule has 0 aliphatic heterocycles. The number of hydrogen-bond donors (Lipinski definition) is 1. The summed E-state index contributed by atoms with van der Waals surface area (Å²) in [6.45, 7) is 5.95. The Bertz CT molecular complexity index is 214. The lowest BCUT2D eigenvalue weighted by Gasteiger charge is -2.44. The van der Waals surface area contributed by atoms with Crippen molar-refractivity contribution in [2.45, 2.75) is 44.4 Å². The highest BCUT2D eigenvalue weighted by atomic mass is 16.6. The summed E-state index contributed by atoms with van der Waals surface area (Å²) in [7, 11) is 3.40. The van der Waals surface area contributed by atoms with Crippen molar-refractivity contribution in [3.05, 3.63) is 0 Å². The van der Waals surface area contributed by atoms with Crippen LogP contribution in [-0.2, 0) is 18.9 Å². The first-order valence-electron chi connectivity index (χ1n) is 7.28. The van der Waals surface area contributed by atoms with E-state index in [2.05, 4.69) is 12.2 Å². The van der Waals surface area contributed by atoms with Gasteiger partial charge in [0.1, 0.15) is 0 Å². The van der Waals surface area contributed by atoms with E-state index in [0.29, 0.717) is 19.3 Å². The predicted molar refractivity (Wildman–Crippen MR) is 74.5 cm³/mol. The number of ether oxygens (including phenoxy) is 4. The van der Waals surface area contributed by atoms with Crippen molar-refractivity contribution in [2.24, 2.45) is 0 Å². The number of methoxy groups -OCH3 is 2. The van der Waals surface area contributed by atoms with Gasteiger partial charge in [0.05, 0.1) is 25.4 Å². The van der Waals surface area contributed by atoms with E-state index in [4.69, 9.17) is 18.9 Å². The third-order valence-corrected chi connectivity index (χ3v) is 3.33. The summed E-state index contributed by atoms with van der Waals surface area (Å²) in [6, 6.07) is 0.421. The van der Waals surface area contributed by atoms with E-state index in [9.17, 15) is 0 Å². The molecule has 0 amide bonds. The molecule has 0 aromatic rings. The van der Waals surface area contributed by atoms with Gasteiger partial charge in [0.2, 0.25) is 0 Å². The summed E-state index contributed by atoms with van der Waals surface area (Å²) >= 11 is 0. The Morgan fingerprint density at radius 1 is 1.00 bits per heavy atom. The van der Waals surface area contributed by atoms with Gasteiger partial charge in [0.15, 0.2) is 0 Å². The predicted octanol–water partition coefficient (Wildman–Crippen LogP) is 1.21. The monoisotopic (exact) mass is 275 g/mol. The van der Waals surface area contributed by atoms with E-state index in [1.54, 1.807) is 14.2 Å². The fourth-order valence-electron chi connectivity index (χ4n) is 2.20.